The second-order valence-electron chi connectivity index (χ2n) is 4.16. The number of amides is 1. The summed E-state index contributed by atoms with van der Waals surface area (Å²) in [6.45, 7) is 2.35. The van der Waals surface area contributed by atoms with Crippen LogP contribution in [-0.4, -0.2) is 20.4 Å². The van der Waals surface area contributed by atoms with Crippen LogP contribution >= 0.6 is 11.6 Å². The zero-order chi connectivity index (χ0) is 13.8. The molecule has 2 aromatic heterocycles. The van der Waals surface area contributed by atoms with Crippen LogP contribution in [0.1, 0.15) is 28.8 Å². The molecule has 2 rings (SSSR count). The normalized spacial score (nSPS) is 10.5. The van der Waals surface area contributed by atoms with Gasteiger partial charge >= 0.3 is 0 Å². The molecule has 0 bridgehead atoms. The van der Waals surface area contributed by atoms with Crippen molar-refractivity contribution in [2.75, 3.05) is 0 Å². The molecule has 0 saturated heterocycles. The van der Waals surface area contributed by atoms with E-state index < -0.39 is 0 Å². The van der Waals surface area contributed by atoms with E-state index in [1.54, 1.807) is 18.3 Å². The number of nitrogens with zero attached hydrogens (tertiary/aromatic N) is 3. The van der Waals surface area contributed by atoms with Gasteiger partial charge in [-0.2, -0.15) is 0 Å². The minimum Gasteiger partial charge on any atom is -0.345 e. The molecule has 0 unspecified atom stereocenters. The van der Waals surface area contributed by atoms with Gasteiger partial charge in [-0.15, -0.1) is 0 Å². The van der Waals surface area contributed by atoms with Gasteiger partial charge in [0.05, 0.1) is 6.54 Å². The van der Waals surface area contributed by atoms with Crippen molar-refractivity contribution >= 4 is 17.5 Å². The Morgan fingerprint density at radius 1 is 1.47 bits per heavy atom. The maximum atomic E-state index is 12.0. The summed E-state index contributed by atoms with van der Waals surface area (Å²) < 4.78 is 1.86. The molecule has 1 N–H and O–H groups in total. The number of nitrogens with one attached hydrogen (secondary N) is 1. The highest BCUT2D eigenvalue weighted by atomic mass is 35.5. The van der Waals surface area contributed by atoms with Gasteiger partial charge in [-0.05, 0) is 18.6 Å². The molecule has 0 radical (unpaired) electrons. The predicted octanol–water partition coefficient (Wildman–Crippen LogP) is 1.96. The van der Waals surface area contributed by atoms with Crippen molar-refractivity contribution in [2.45, 2.75) is 19.9 Å². The Balaban J connectivity index is 2.08. The van der Waals surface area contributed by atoms with Gasteiger partial charge in [-0.3, -0.25) is 4.79 Å². The van der Waals surface area contributed by atoms with E-state index >= 15 is 0 Å². The van der Waals surface area contributed by atoms with Gasteiger partial charge in [0.15, 0.2) is 0 Å². The highest BCUT2D eigenvalue weighted by molar-refractivity contribution is 6.29. The molecule has 0 saturated carbocycles. The molecular weight excluding hydrogens is 264 g/mol. The van der Waals surface area contributed by atoms with Gasteiger partial charge in [-0.1, -0.05) is 18.5 Å². The summed E-state index contributed by atoms with van der Waals surface area (Å²) in [4.78, 5) is 20.3. The maximum absolute atomic E-state index is 12.0. The Bertz CT molecular complexity index is 594. The van der Waals surface area contributed by atoms with Gasteiger partial charge in [0.1, 0.15) is 11.0 Å². The van der Waals surface area contributed by atoms with Crippen molar-refractivity contribution in [2.24, 2.45) is 7.05 Å². The van der Waals surface area contributed by atoms with Gasteiger partial charge in [-0.25, -0.2) is 9.97 Å². The van der Waals surface area contributed by atoms with Crippen LogP contribution in [0.5, 0.6) is 0 Å². The van der Waals surface area contributed by atoms with E-state index in [0.717, 1.165) is 17.9 Å². The standard InChI is InChI=1S/C13H15ClN4O/c1-3-10-6-9(7-11(14)17-10)13(19)16-8-12-15-4-5-18(12)2/h4-7H,3,8H2,1-2H3,(H,16,19). The number of halogens is 1. The van der Waals surface area contributed by atoms with Crippen molar-refractivity contribution in [3.8, 4) is 0 Å². The van der Waals surface area contributed by atoms with Crippen LogP contribution in [0.4, 0.5) is 0 Å². The molecule has 2 aromatic rings. The summed E-state index contributed by atoms with van der Waals surface area (Å²) in [5, 5.41) is 3.15. The summed E-state index contributed by atoms with van der Waals surface area (Å²) in [6, 6.07) is 3.31. The van der Waals surface area contributed by atoms with E-state index in [4.69, 9.17) is 11.6 Å². The zero-order valence-electron chi connectivity index (χ0n) is 10.9. The molecule has 0 aromatic carbocycles. The third-order valence-electron chi connectivity index (χ3n) is 2.80. The quantitative estimate of drug-likeness (QED) is 0.870. The molecule has 0 aliphatic rings. The maximum Gasteiger partial charge on any atom is 0.251 e. The van der Waals surface area contributed by atoms with E-state index in [9.17, 15) is 4.79 Å². The van der Waals surface area contributed by atoms with Crippen molar-refractivity contribution in [3.63, 3.8) is 0 Å². The lowest BCUT2D eigenvalue weighted by Crippen LogP contribution is -2.24. The number of imidazole rings is 1. The summed E-state index contributed by atoms with van der Waals surface area (Å²) in [5.74, 6) is 0.617. The Labute approximate surface area is 116 Å². The Morgan fingerprint density at radius 2 is 2.26 bits per heavy atom. The summed E-state index contributed by atoms with van der Waals surface area (Å²) >= 11 is 5.89. The summed E-state index contributed by atoms with van der Waals surface area (Å²) in [7, 11) is 1.88. The highest BCUT2D eigenvalue weighted by Crippen LogP contribution is 2.11. The average molecular weight is 279 g/mol. The fourth-order valence-electron chi connectivity index (χ4n) is 1.69. The molecule has 0 spiro atoms. The molecule has 6 heteroatoms. The van der Waals surface area contributed by atoms with Crippen molar-refractivity contribution in [1.29, 1.82) is 0 Å². The second kappa shape index (κ2) is 5.84. The van der Waals surface area contributed by atoms with Crippen LogP contribution in [0, 0.1) is 0 Å². The van der Waals surface area contributed by atoms with Crippen molar-refractivity contribution < 1.29 is 4.79 Å². The van der Waals surface area contributed by atoms with Crippen LogP contribution in [0.2, 0.25) is 5.15 Å². The van der Waals surface area contributed by atoms with Crippen molar-refractivity contribution in [1.82, 2.24) is 19.9 Å². The minimum absolute atomic E-state index is 0.179. The third-order valence-corrected chi connectivity index (χ3v) is 2.99. The molecule has 100 valence electrons. The first-order chi connectivity index (χ1) is 9.10. The fraction of sp³-hybridized carbons (Fsp3) is 0.308. The first kappa shape index (κ1) is 13.5. The predicted molar refractivity (Wildman–Crippen MR) is 73.0 cm³/mol. The lowest BCUT2D eigenvalue weighted by Gasteiger charge is -2.07. The number of aromatic nitrogens is 3. The van der Waals surface area contributed by atoms with E-state index in [1.165, 1.54) is 0 Å². The topological polar surface area (TPSA) is 59.8 Å². The minimum atomic E-state index is -0.179. The monoisotopic (exact) mass is 278 g/mol. The third kappa shape index (κ3) is 3.32. The van der Waals surface area contributed by atoms with E-state index in [0.29, 0.717) is 17.3 Å². The summed E-state index contributed by atoms with van der Waals surface area (Å²) in [6.07, 6.45) is 4.26. The SMILES string of the molecule is CCc1cc(C(=O)NCc2nccn2C)cc(Cl)n1. The van der Waals surface area contributed by atoms with Crippen LogP contribution < -0.4 is 5.32 Å². The largest absolute Gasteiger partial charge is 0.345 e. The Morgan fingerprint density at radius 3 is 2.89 bits per heavy atom. The van der Waals surface area contributed by atoms with Crippen LogP contribution in [0.25, 0.3) is 0 Å². The molecule has 0 aliphatic heterocycles. The fourth-order valence-corrected chi connectivity index (χ4v) is 1.92. The first-order valence-electron chi connectivity index (χ1n) is 6.01. The van der Waals surface area contributed by atoms with Gasteiger partial charge in [0.2, 0.25) is 0 Å². The lowest BCUT2D eigenvalue weighted by molar-refractivity contribution is 0.0949. The number of aryl methyl sites for hydroxylation is 2. The Hall–Kier alpha value is -1.88. The smallest absolute Gasteiger partial charge is 0.251 e. The molecule has 1 amide bonds. The zero-order valence-corrected chi connectivity index (χ0v) is 11.6. The number of hydrogen-bond acceptors (Lipinski definition) is 3. The average Bonchev–Trinajstić information content (AvgIpc) is 2.80. The van der Waals surface area contributed by atoms with Gasteiger partial charge < -0.3 is 9.88 Å². The van der Waals surface area contributed by atoms with Gasteiger partial charge in [0, 0.05) is 30.7 Å². The number of hydrogen-bond donors (Lipinski definition) is 1. The first-order valence-corrected chi connectivity index (χ1v) is 6.38. The van der Waals surface area contributed by atoms with Crippen molar-refractivity contribution in [3.05, 3.63) is 46.8 Å². The van der Waals surface area contributed by atoms with Gasteiger partial charge in [0.25, 0.3) is 5.91 Å². The van der Waals surface area contributed by atoms with Crippen LogP contribution in [-0.2, 0) is 20.0 Å². The van der Waals surface area contributed by atoms with E-state index in [2.05, 4.69) is 15.3 Å². The number of rotatable bonds is 4. The molecule has 2 heterocycles. The molecule has 19 heavy (non-hydrogen) atoms. The number of carbonyl (C=O) groups excluding carboxylic acids is 1. The molecular formula is C13H15ClN4O. The van der Waals surface area contributed by atoms with E-state index in [1.807, 2.05) is 24.7 Å². The van der Waals surface area contributed by atoms with Crippen LogP contribution in [0.15, 0.2) is 24.5 Å². The summed E-state index contributed by atoms with van der Waals surface area (Å²) in [5.41, 5.74) is 1.32. The number of pyridine rings is 1. The number of carbonyl (C=O) groups is 1. The van der Waals surface area contributed by atoms with E-state index in [-0.39, 0.29) is 5.91 Å². The Kier molecular flexibility index (Phi) is 4.16. The lowest BCUT2D eigenvalue weighted by atomic mass is 10.2. The molecule has 0 aliphatic carbocycles. The molecule has 0 atom stereocenters. The van der Waals surface area contributed by atoms with Crippen LogP contribution in [0.3, 0.4) is 0 Å². The second-order valence-corrected chi connectivity index (χ2v) is 4.55. The molecule has 5 nitrogen and oxygen atoms in total. The molecule has 0 fully saturated rings. The highest BCUT2D eigenvalue weighted by Gasteiger charge is 2.09.